The van der Waals surface area contributed by atoms with Crippen molar-refractivity contribution in [3.63, 3.8) is 0 Å². The van der Waals surface area contributed by atoms with Crippen LogP contribution in [0.1, 0.15) is 32.6 Å². The zero-order chi connectivity index (χ0) is 28.1. The lowest BCUT2D eigenvalue weighted by atomic mass is 10.1. The van der Waals surface area contributed by atoms with Crippen LogP contribution in [0.5, 0.6) is 0 Å². The number of aromatic nitrogens is 2. The maximum atomic E-state index is 12.8. The van der Waals surface area contributed by atoms with Crippen LogP contribution in [0.4, 0.5) is 11.6 Å². The summed E-state index contributed by atoms with van der Waals surface area (Å²) >= 11 is 1.58. The first-order valence-electron chi connectivity index (χ1n) is 12.6. The van der Waals surface area contributed by atoms with Gasteiger partial charge in [-0.1, -0.05) is 42.5 Å². The van der Waals surface area contributed by atoms with Crippen molar-refractivity contribution in [1.29, 1.82) is 0 Å². The van der Waals surface area contributed by atoms with E-state index in [-0.39, 0.29) is 28.0 Å². The van der Waals surface area contributed by atoms with Gasteiger partial charge in [0.05, 0.1) is 10.6 Å². The van der Waals surface area contributed by atoms with Gasteiger partial charge in [0.2, 0.25) is 11.9 Å². The van der Waals surface area contributed by atoms with E-state index in [2.05, 4.69) is 32.1 Å². The van der Waals surface area contributed by atoms with Gasteiger partial charge in [0.15, 0.2) is 0 Å². The van der Waals surface area contributed by atoms with Crippen LogP contribution in [0.3, 0.4) is 0 Å². The maximum absolute atomic E-state index is 12.8. The second-order valence-electron chi connectivity index (χ2n) is 9.21. The number of carbonyl (C=O) groups excluding carboxylic acids is 2. The summed E-state index contributed by atoms with van der Waals surface area (Å²) < 4.78 is 27.7. The normalized spacial score (nSPS) is 15.2. The van der Waals surface area contributed by atoms with Crippen molar-refractivity contribution in [1.82, 2.24) is 14.9 Å². The highest BCUT2D eigenvalue weighted by Gasteiger charge is 2.32. The Balaban J connectivity index is 1.20. The van der Waals surface area contributed by atoms with Crippen molar-refractivity contribution in [3.05, 3.63) is 114 Å². The average molecular weight is 574 g/mol. The van der Waals surface area contributed by atoms with Gasteiger partial charge in [-0.25, -0.2) is 23.1 Å². The van der Waals surface area contributed by atoms with E-state index in [0.717, 1.165) is 12.0 Å². The standard InChI is InChI=1S/C29H27N5O4S2/c1-20-15-17-30-29(31-20)33-40(37,38)25-13-11-24(12-14-25)32-27(36)22-7-9-23(10-8-22)28-34(26(35)19-39-28)18-16-21-5-3-2-4-6-21/h2-15,17,28H,16,18-19H2,1H3,(H,32,36)(H,30,31,33)/t28-/m1/s1. The van der Waals surface area contributed by atoms with Crippen LogP contribution < -0.4 is 10.0 Å². The summed E-state index contributed by atoms with van der Waals surface area (Å²) in [7, 11) is -3.89. The highest BCUT2D eigenvalue weighted by Crippen LogP contribution is 2.38. The number of sulfonamides is 1. The molecule has 2 heterocycles. The first-order chi connectivity index (χ1) is 19.3. The highest BCUT2D eigenvalue weighted by atomic mass is 32.2. The third-order valence-corrected chi connectivity index (χ3v) is 8.95. The second-order valence-corrected chi connectivity index (χ2v) is 12.0. The van der Waals surface area contributed by atoms with Gasteiger partial charge in [-0.2, -0.15) is 0 Å². The van der Waals surface area contributed by atoms with Crippen molar-refractivity contribution in [3.8, 4) is 0 Å². The fourth-order valence-corrected chi connectivity index (χ4v) is 6.43. The SMILES string of the molecule is Cc1ccnc(NS(=O)(=O)c2ccc(NC(=O)c3ccc([C@H]4SCC(=O)N4CCc4ccccc4)cc3)cc2)n1. The van der Waals surface area contributed by atoms with Crippen LogP contribution in [0.25, 0.3) is 0 Å². The minimum Gasteiger partial charge on any atom is -0.326 e. The van der Waals surface area contributed by atoms with Gasteiger partial charge in [-0.05, 0) is 66.9 Å². The molecule has 2 N–H and O–H groups in total. The molecule has 1 atom stereocenters. The minimum atomic E-state index is -3.89. The molecular weight excluding hydrogens is 546 g/mol. The molecular formula is C29H27N5O4S2. The molecule has 40 heavy (non-hydrogen) atoms. The van der Waals surface area contributed by atoms with Crippen molar-refractivity contribution < 1.29 is 18.0 Å². The average Bonchev–Trinajstić information content (AvgIpc) is 3.32. The lowest BCUT2D eigenvalue weighted by Gasteiger charge is -2.24. The van der Waals surface area contributed by atoms with E-state index in [4.69, 9.17) is 0 Å². The van der Waals surface area contributed by atoms with E-state index in [1.165, 1.54) is 36.0 Å². The number of benzene rings is 3. The van der Waals surface area contributed by atoms with Gasteiger partial charge in [-0.15, -0.1) is 11.8 Å². The molecule has 0 aliphatic carbocycles. The molecule has 0 bridgehead atoms. The smallest absolute Gasteiger partial charge is 0.264 e. The Labute approximate surface area is 237 Å². The molecule has 3 aromatic carbocycles. The number of anilines is 2. The molecule has 1 aliphatic heterocycles. The quantitative estimate of drug-likeness (QED) is 0.299. The van der Waals surface area contributed by atoms with Crippen molar-refractivity contribution in [2.45, 2.75) is 23.6 Å². The molecule has 0 unspecified atom stereocenters. The van der Waals surface area contributed by atoms with Crippen LogP contribution in [0.2, 0.25) is 0 Å². The molecule has 0 spiro atoms. The Morgan fingerprint density at radius 1 is 1.00 bits per heavy atom. The first-order valence-corrected chi connectivity index (χ1v) is 15.1. The first kappa shape index (κ1) is 27.4. The Morgan fingerprint density at radius 3 is 2.42 bits per heavy atom. The number of aryl methyl sites for hydroxylation is 1. The van der Waals surface area contributed by atoms with Gasteiger partial charge in [-0.3, -0.25) is 9.59 Å². The number of amides is 2. The lowest BCUT2D eigenvalue weighted by Crippen LogP contribution is -2.30. The van der Waals surface area contributed by atoms with Crippen molar-refractivity contribution in [2.24, 2.45) is 0 Å². The van der Waals surface area contributed by atoms with Crippen molar-refractivity contribution in [2.75, 3.05) is 22.3 Å². The van der Waals surface area contributed by atoms with Gasteiger partial charge >= 0.3 is 0 Å². The molecule has 5 rings (SSSR count). The van der Waals surface area contributed by atoms with E-state index >= 15 is 0 Å². The summed E-state index contributed by atoms with van der Waals surface area (Å²) in [5, 5.41) is 2.69. The number of nitrogens with zero attached hydrogens (tertiary/aromatic N) is 3. The topological polar surface area (TPSA) is 121 Å². The Hall–Kier alpha value is -4.22. The van der Waals surface area contributed by atoms with E-state index < -0.39 is 10.0 Å². The summed E-state index contributed by atoms with van der Waals surface area (Å²) in [5.41, 5.74) is 3.67. The van der Waals surface area contributed by atoms with E-state index in [1.54, 1.807) is 36.9 Å². The molecule has 1 aliphatic rings. The largest absolute Gasteiger partial charge is 0.326 e. The van der Waals surface area contributed by atoms with Gasteiger partial charge in [0, 0.05) is 29.7 Å². The highest BCUT2D eigenvalue weighted by molar-refractivity contribution is 8.00. The van der Waals surface area contributed by atoms with E-state index in [1.807, 2.05) is 35.2 Å². The number of thioether (sulfide) groups is 1. The molecule has 1 saturated heterocycles. The predicted octanol–water partition coefficient (Wildman–Crippen LogP) is 4.65. The summed E-state index contributed by atoms with van der Waals surface area (Å²) in [6.45, 7) is 2.36. The van der Waals surface area contributed by atoms with Crippen LogP contribution in [-0.4, -0.2) is 47.4 Å². The van der Waals surface area contributed by atoms with Gasteiger partial charge < -0.3 is 10.2 Å². The van der Waals surface area contributed by atoms with Gasteiger partial charge in [0.1, 0.15) is 5.37 Å². The zero-order valence-electron chi connectivity index (χ0n) is 21.7. The Morgan fingerprint density at radius 2 is 1.73 bits per heavy atom. The molecule has 0 saturated carbocycles. The van der Waals surface area contributed by atoms with Gasteiger partial charge in [0.25, 0.3) is 15.9 Å². The summed E-state index contributed by atoms with van der Waals surface area (Å²) in [5.74, 6) is 0.200. The molecule has 9 nitrogen and oxygen atoms in total. The molecule has 4 aromatic rings. The van der Waals surface area contributed by atoms with Crippen molar-refractivity contribution >= 4 is 45.2 Å². The summed E-state index contributed by atoms with van der Waals surface area (Å²) in [6.07, 6.45) is 2.25. The fraction of sp³-hybridized carbons (Fsp3) is 0.172. The monoisotopic (exact) mass is 573 g/mol. The molecule has 0 radical (unpaired) electrons. The molecule has 204 valence electrons. The Bertz CT molecular complexity index is 1610. The number of carbonyl (C=O) groups is 2. The maximum Gasteiger partial charge on any atom is 0.264 e. The number of hydrogen-bond acceptors (Lipinski definition) is 7. The molecule has 11 heteroatoms. The number of rotatable bonds is 9. The molecule has 1 aromatic heterocycles. The number of hydrogen-bond donors (Lipinski definition) is 2. The lowest BCUT2D eigenvalue weighted by molar-refractivity contribution is -0.128. The third kappa shape index (κ3) is 6.49. The van der Waals surface area contributed by atoms with Crippen LogP contribution in [-0.2, 0) is 21.2 Å². The molecule has 1 fully saturated rings. The zero-order valence-corrected chi connectivity index (χ0v) is 23.3. The van der Waals surface area contributed by atoms with Crippen LogP contribution >= 0.6 is 11.8 Å². The third-order valence-electron chi connectivity index (χ3n) is 6.35. The van der Waals surface area contributed by atoms with Crippen LogP contribution in [0.15, 0.2) is 96.0 Å². The predicted molar refractivity (Wildman–Crippen MR) is 155 cm³/mol. The summed E-state index contributed by atoms with van der Waals surface area (Å²) in [4.78, 5) is 35.3. The summed E-state index contributed by atoms with van der Waals surface area (Å²) in [6, 6.07) is 24.8. The van der Waals surface area contributed by atoms with Crippen LogP contribution in [0, 0.1) is 6.92 Å². The fourth-order valence-electron chi connectivity index (χ4n) is 4.26. The second kappa shape index (κ2) is 11.9. The minimum absolute atomic E-state index is 0.0134. The van der Waals surface area contributed by atoms with E-state index in [0.29, 0.717) is 29.2 Å². The number of nitrogens with one attached hydrogen (secondary N) is 2. The van der Waals surface area contributed by atoms with E-state index in [9.17, 15) is 18.0 Å². The Kier molecular flexibility index (Phi) is 8.13. The molecule has 2 amide bonds.